The van der Waals surface area contributed by atoms with Crippen LogP contribution < -0.4 is 10.2 Å². The summed E-state index contributed by atoms with van der Waals surface area (Å²) in [5.41, 5.74) is 1.65. The maximum absolute atomic E-state index is 13.4. The van der Waals surface area contributed by atoms with Gasteiger partial charge >= 0.3 is 6.18 Å². The fourth-order valence-electron chi connectivity index (χ4n) is 4.51. The third kappa shape index (κ3) is 5.05. The molecule has 2 heterocycles. The van der Waals surface area contributed by atoms with Crippen molar-refractivity contribution in [2.75, 3.05) is 23.3 Å². The molecule has 2 amide bonds. The highest BCUT2D eigenvalue weighted by molar-refractivity contribution is 5.95. The van der Waals surface area contributed by atoms with Crippen molar-refractivity contribution in [2.45, 2.75) is 44.8 Å². The van der Waals surface area contributed by atoms with E-state index >= 15 is 0 Å². The van der Waals surface area contributed by atoms with Gasteiger partial charge in [0.2, 0.25) is 11.8 Å². The number of hydrogen-bond acceptors (Lipinski definition) is 3. The lowest BCUT2D eigenvalue weighted by molar-refractivity contribution is -0.137. The zero-order valence-corrected chi connectivity index (χ0v) is 18.4. The van der Waals surface area contributed by atoms with Gasteiger partial charge in [-0.1, -0.05) is 24.3 Å². The minimum Gasteiger partial charge on any atom is -0.370 e. The van der Waals surface area contributed by atoms with Crippen molar-refractivity contribution in [1.29, 1.82) is 0 Å². The van der Waals surface area contributed by atoms with Gasteiger partial charge < -0.3 is 15.1 Å². The molecule has 1 fully saturated rings. The van der Waals surface area contributed by atoms with E-state index in [4.69, 9.17) is 0 Å². The Morgan fingerprint density at radius 3 is 2.48 bits per heavy atom. The highest BCUT2D eigenvalue weighted by atomic mass is 19.4. The van der Waals surface area contributed by atoms with E-state index in [0.29, 0.717) is 5.69 Å². The third-order valence-corrected chi connectivity index (χ3v) is 6.14. The maximum Gasteiger partial charge on any atom is 0.416 e. The minimum absolute atomic E-state index is 0.0728. The van der Waals surface area contributed by atoms with Crippen molar-refractivity contribution < 1.29 is 22.8 Å². The molecule has 1 N–H and O–H groups in total. The van der Waals surface area contributed by atoms with Gasteiger partial charge in [0.1, 0.15) is 0 Å². The fourth-order valence-corrected chi connectivity index (χ4v) is 4.51. The first-order chi connectivity index (χ1) is 15.7. The first-order valence-electron chi connectivity index (χ1n) is 11.1. The van der Waals surface area contributed by atoms with Crippen LogP contribution in [0, 0.1) is 0 Å². The Bertz CT molecular complexity index is 1070. The molecule has 0 radical (unpaired) electrons. The van der Waals surface area contributed by atoms with Gasteiger partial charge in [-0.2, -0.15) is 13.2 Å². The summed E-state index contributed by atoms with van der Waals surface area (Å²) in [5, 5.41) is 2.72. The molecule has 0 bridgehead atoms. The summed E-state index contributed by atoms with van der Waals surface area (Å²) in [4.78, 5) is 28.8. The van der Waals surface area contributed by atoms with Crippen molar-refractivity contribution in [3.63, 3.8) is 0 Å². The summed E-state index contributed by atoms with van der Waals surface area (Å²) >= 11 is 0. The van der Waals surface area contributed by atoms with Crippen LogP contribution in [0.4, 0.5) is 24.5 Å². The minimum atomic E-state index is -4.52. The van der Waals surface area contributed by atoms with Crippen LogP contribution in [0.1, 0.15) is 55.3 Å². The molecule has 1 unspecified atom stereocenters. The van der Waals surface area contributed by atoms with Crippen molar-refractivity contribution in [2.24, 2.45) is 0 Å². The quantitative estimate of drug-likeness (QED) is 0.651. The fraction of sp³-hybridized carbons (Fsp3) is 0.360. The van der Waals surface area contributed by atoms with Crippen LogP contribution in [0.3, 0.4) is 0 Å². The first-order valence-corrected chi connectivity index (χ1v) is 11.1. The lowest BCUT2D eigenvalue weighted by Gasteiger charge is -2.33. The number of nitrogens with one attached hydrogen (secondary N) is 1. The highest BCUT2D eigenvalue weighted by Gasteiger charge is 2.33. The monoisotopic (exact) mass is 457 g/mol. The van der Waals surface area contributed by atoms with Crippen LogP contribution in [0.5, 0.6) is 0 Å². The molecule has 2 aliphatic heterocycles. The summed E-state index contributed by atoms with van der Waals surface area (Å²) in [6.07, 6.45) is 1.85. The van der Waals surface area contributed by atoms with Crippen LogP contribution in [0.15, 0.2) is 48.7 Å². The number of carbonyl (C=O) groups excluding carboxylic acids is 2. The van der Waals surface area contributed by atoms with Crippen molar-refractivity contribution >= 4 is 29.3 Å². The Labute approximate surface area is 190 Å². The summed E-state index contributed by atoms with van der Waals surface area (Å²) in [7, 11) is 0. The number of nitrogens with zero attached hydrogens (tertiary/aromatic N) is 2. The SMILES string of the molecule is CC(=O)N1C=Cc2ccccc2C1CC(=O)Nc1cc(C(F)(F)F)ccc1N1CCCCC1. The second kappa shape index (κ2) is 9.29. The number of alkyl halides is 3. The average Bonchev–Trinajstić information content (AvgIpc) is 2.79. The van der Waals surface area contributed by atoms with Gasteiger partial charge in [0.15, 0.2) is 0 Å². The predicted octanol–water partition coefficient (Wildman–Crippen LogP) is 5.60. The molecule has 5 nitrogen and oxygen atoms in total. The van der Waals surface area contributed by atoms with Crippen molar-refractivity contribution in [3.8, 4) is 0 Å². The van der Waals surface area contributed by atoms with E-state index in [0.717, 1.165) is 55.6 Å². The standard InChI is InChI=1S/C25H26F3N3O2/c1-17(32)31-14-11-18-7-3-4-8-20(18)23(31)16-24(33)29-21-15-19(25(26,27)28)9-10-22(21)30-12-5-2-6-13-30/h3-4,7-11,14-15,23H,2,5-6,12-13,16H2,1H3,(H,29,33). The van der Waals surface area contributed by atoms with E-state index in [2.05, 4.69) is 5.32 Å². The number of hydrogen-bond donors (Lipinski definition) is 1. The zero-order chi connectivity index (χ0) is 23.6. The van der Waals surface area contributed by atoms with Crippen LogP contribution in [0.25, 0.3) is 6.08 Å². The molecule has 0 aliphatic carbocycles. The average molecular weight is 457 g/mol. The van der Waals surface area contributed by atoms with Gasteiger partial charge in [-0.3, -0.25) is 9.59 Å². The number of piperidine rings is 1. The molecule has 8 heteroatoms. The first kappa shape index (κ1) is 22.9. The Balaban J connectivity index is 1.62. The summed E-state index contributed by atoms with van der Waals surface area (Å²) in [5.74, 6) is -0.666. The highest BCUT2D eigenvalue weighted by Crippen LogP contribution is 2.37. The Kier molecular flexibility index (Phi) is 6.44. The summed E-state index contributed by atoms with van der Waals surface area (Å²) < 4.78 is 40.1. The summed E-state index contributed by atoms with van der Waals surface area (Å²) in [6, 6.07) is 10.4. The number of amides is 2. The normalized spacial score (nSPS) is 18.1. The second-order valence-electron chi connectivity index (χ2n) is 8.42. The van der Waals surface area contributed by atoms with E-state index in [1.807, 2.05) is 35.2 Å². The molecule has 0 aromatic heterocycles. The molecule has 2 aromatic carbocycles. The second-order valence-corrected chi connectivity index (χ2v) is 8.42. The molecule has 0 spiro atoms. The van der Waals surface area contributed by atoms with Gasteiger partial charge in [-0.05, 0) is 54.7 Å². The van der Waals surface area contributed by atoms with Crippen molar-refractivity contribution in [3.05, 3.63) is 65.4 Å². The lowest BCUT2D eigenvalue weighted by Crippen LogP contribution is -2.34. The van der Waals surface area contributed by atoms with E-state index in [9.17, 15) is 22.8 Å². The Morgan fingerprint density at radius 1 is 1.06 bits per heavy atom. The molecule has 1 saturated heterocycles. The van der Waals surface area contributed by atoms with E-state index < -0.39 is 23.7 Å². The van der Waals surface area contributed by atoms with Crippen LogP contribution in [-0.2, 0) is 15.8 Å². The zero-order valence-electron chi connectivity index (χ0n) is 18.4. The van der Waals surface area contributed by atoms with Gasteiger partial charge in [0, 0.05) is 26.2 Å². The van der Waals surface area contributed by atoms with E-state index in [1.165, 1.54) is 17.9 Å². The van der Waals surface area contributed by atoms with Crippen LogP contribution in [-0.4, -0.2) is 29.8 Å². The molecule has 33 heavy (non-hydrogen) atoms. The predicted molar refractivity (Wildman–Crippen MR) is 121 cm³/mol. The lowest BCUT2D eigenvalue weighted by atomic mass is 9.93. The van der Waals surface area contributed by atoms with Gasteiger partial charge in [0.25, 0.3) is 0 Å². The molecular formula is C25H26F3N3O2. The number of rotatable bonds is 4. The Hall–Kier alpha value is -3.29. The number of fused-ring (bicyclic) bond motifs is 1. The van der Waals surface area contributed by atoms with E-state index in [-0.39, 0.29) is 18.0 Å². The molecule has 0 saturated carbocycles. The number of benzene rings is 2. The van der Waals surface area contributed by atoms with Crippen molar-refractivity contribution in [1.82, 2.24) is 4.90 Å². The largest absolute Gasteiger partial charge is 0.416 e. The third-order valence-electron chi connectivity index (χ3n) is 6.14. The van der Waals surface area contributed by atoms with E-state index in [1.54, 1.807) is 6.20 Å². The number of carbonyl (C=O) groups is 2. The van der Waals surface area contributed by atoms with Gasteiger partial charge in [-0.25, -0.2) is 0 Å². The van der Waals surface area contributed by atoms with Gasteiger partial charge in [-0.15, -0.1) is 0 Å². The van der Waals surface area contributed by atoms with Crippen LogP contribution in [0.2, 0.25) is 0 Å². The molecule has 4 rings (SSSR count). The maximum atomic E-state index is 13.4. The van der Waals surface area contributed by atoms with Crippen LogP contribution >= 0.6 is 0 Å². The molecule has 174 valence electrons. The Morgan fingerprint density at radius 2 is 1.79 bits per heavy atom. The molecular weight excluding hydrogens is 431 g/mol. The topological polar surface area (TPSA) is 52.7 Å². The number of halogens is 3. The molecule has 2 aliphatic rings. The molecule has 2 aromatic rings. The number of anilines is 2. The molecule has 1 atom stereocenters. The van der Waals surface area contributed by atoms with Gasteiger partial charge in [0.05, 0.1) is 29.4 Å². The summed E-state index contributed by atoms with van der Waals surface area (Å²) in [6.45, 7) is 2.88. The smallest absolute Gasteiger partial charge is 0.370 e.